The van der Waals surface area contributed by atoms with Crippen LogP contribution < -0.4 is 5.32 Å². The minimum absolute atomic E-state index is 0.135. The van der Waals surface area contributed by atoms with Crippen molar-refractivity contribution in [3.8, 4) is 0 Å². The summed E-state index contributed by atoms with van der Waals surface area (Å²) in [6.07, 6.45) is 1.30. The second kappa shape index (κ2) is 10.6. The van der Waals surface area contributed by atoms with Gasteiger partial charge >= 0.3 is 18.0 Å². The van der Waals surface area contributed by atoms with E-state index in [0.717, 1.165) is 0 Å². The molecule has 2 heterocycles. The molecule has 0 aliphatic carbocycles. The first-order chi connectivity index (χ1) is 15.3. The van der Waals surface area contributed by atoms with Crippen LogP contribution in [0.15, 0.2) is 35.5 Å². The van der Waals surface area contributed by atoms with Crippen molar-refractivity contribution in [2.24, 2.45) is 5.92 Å². The van der Waals surface area contributed by atoms with E-state index in [-0.39, 0.29) is 24.5 Å². The molecule has 2 amide bonds. The highest BCUT2D eigenvalue weighted by molar-refractivity contribution is 5.95. The minimum Gasteiger partial charge on any atom is -0.466 e. The molecule has 1 saturated heterocycles. The Labute approximate surface area is 187 Å². The van der Waals surface area contributed by atoms with Gasteiger partial charge < -0.3 is 14.8 Å². The van der Waals surface area contributed by atoms with Crippen molar-refractivity contribution in [1.29, 1.82) is 0 Å². The van der Waals surface area contributed by atoms with Crippen LogP contribution in [0.4, 0.5) is 9.18 Å². The fourth-order valence-electron chi connectivity index (χ4n) is 4.10. The number of hydrogen-bond acceptors (Lipinski definition) is 6. The summed E-state index contributed by atoms with van der Waals surface area (Å²) in [6.45, 7) is 5.69. The second-order valence-electron chi connectivity index (χ2n) is 7.88. The summed E-state index contributed by atoms with van der Waals surface area (Å²) < 4.78 is 23.9. The number of piperidine rings is 1. The summed E-state index contributed by atoms with van der Waals surface area (Å²) >= 11 is 0. The van der Waals surface area contributed by atoms with Crippen molar-refractivity contribution >= 4 is 18.0 Å². The van der Waals surface area contributed by atoms with Gasteiger partial charge in [-0.15, -0.1) is 0 Å². The Balaban J connectivity index is 1.88. The SMILES string of the molecule is CCOC(=O)C1=C(CN2CCC(C(=O)OCC)CC2)N(C)C(=O)NC1c1ccc(F)cc1. The molecule has 2 aliphatic rings. The predicted molar refractivity (Wildman–Crippen MR) is 115 cm³/mol. The van der Waals surface area contributed by atoms with Crippen LogP contribution in [0.2, 0.25) is 0 Å². The lowest BCUT2D eigenvalue weighted by molar-refractivity contribution is -0.149. The molecule has 9 heteroatoms. The smallest absolute Gasteiger partial charge is 0.338 e. The number of ether oxygens (including phenoxy) is 2. The quantitative estimate of drug-likeness (QED) is 0.647. The lowest BCUT2D eigenvalue weighted by Gasteiger charge is -2.38. The number of carbonyl (C=O) groups excluding carboxylic acids is 3. The fraction of sp³-hybridized carbons (Fsp3) is 0.522. The van der Waals surface area contributed by atoms with Crippen LogP contribution in [0.3, 0.4) is 0 Å². The van der Waals surface area contributed by atoms with Crippen LogP contribution >= 0.6 is 0 Å². The monoisotopic (exact) mass is 447 g/mol. The maximum absolute atomic E-state index is 13.5. The third-order valence-corrected chi connectivity index (χ3v) is 5.86. The maximum Gasteiger partial charge on any atom is 0.338 e. The highest BCUT2D eigenvalue weighted by atomic mass is 19.1. The molecule has 0 bridgehead atoms. The van der Waals surface area contributed by atoms with Crippen molar-refractivity contribution in [3.63, 3.8) is 0 Å². The van der Waals surface area contributed by atoms with Gasteiger partial charge in [0.25, 0.3) is 0 Å². The standard InChI is InChI=1S/C23H30FN3O5/c1-4-31-21(28)16-10-12-27(13-11-16)14-18-19(22(29)32-5-2)20(25-23(30)26(18)3)15-6-8-17(24)9-7-15/h6-9,16,20H,4-5,10-14H2,1-3H3,(H,25,30). The largest absolute Gasteiger partial charge is 0.466 e. The Morgan fingerprint density at radius 3 is 2.31 bits per heavy atom. The lowest BCUT2D eigenvalue weighted by atomic mass is 9.93. The van der Waals surface area contributed by atoms with Gasteiger partial charge in [-0.3, -0.25) is 14.6 Å². The van der Waals surface area contributed by atoms with Crippen LogP contribution in [0, 0.1) is 11.7 Å². The first-order valence-electron chi connectivity index (χ1n) is 10.9. The number of nitrogens with one attached hydrogen (secondary N) is 1. The fourth-order valence-corrected chi connectivity index (χ4v) is 4.10. The van der Waals surface area contributed by atoms with Gasteiger partial charge in [-0.05, 0) is 57.5 Å². The van der Waals surface area contributed by atoms with Crippen LogP contribution in [-0.2, 0) is 19.1 Å². The molecule has 0 saturated carbocycles. The Morgan fingerprint density at radius 2 is 1.72 bits per heavy atom. The number of carbonyl (C=O) groups is 3. The van der Waals surface area contributed by atoms with Gasteiger partial charge in [0, 0.05) is 19.3 Å². The highest BCUT2D eigenvalue weighted by Crippen LogP contribution is 2.32. The molecule has 0 aromatic heterocycles. The molecule has 0 radical (unpaired) electrons. The minimum atomic E-state index is -0.745. The Morgan fingerprint density at radius 1 is 1.09 bits per heavy atom. The third-order valence-electron chi connectivity index (χ3n) is 5.86. The number of likely N-dealkylation sites (tertiary alicyclic amines) is 1. The van der Waals surface area contributed by atoms with E-state index in [0.29, 0.717) is 55.9 Å². The molecule has 1 aromatic carbocycles. The Hall–Kier alpha value is -2.94. The maximum atomic E-state index is 13.5. The second-order valence-corrected chi connectivity index (χ2v) is 7.88. The number of rotatable bonds is 7. The Kier molecular flexibility index (Phi) is 7.84. The van der Waals surface area contributed by atoms with Crippen LogP contribution in [-0.4, -0.2) is 67.7 Å². The molecule has 1 fully saturated rings. The zero-order valence-corrected chi connectivity index (χ0v) is 18.7. The lowest BCUT2D eigenvalue weighted by Crippen LogP contribution is -2.50. The van der Waals surface area contributed by atoms with E-state index in [9.17, 15) is 18.8 Å². The number of likely N-dealkylation sites (N-methyl/N-ethyl adjacent to an activating group) is 1. The Bertz CT molecular complexity index is 878. The van der Waals surface area contributed by atoms with Crippen molar-refractivity contribution < 1.29 is 28.2 Å². The third kappa shape index (κ3) is 5.27. The number of hydrogen-bond donors (Lipinski definition) is 1. The number of nitrogens with zero attached hydrogens (tertiary/aromatic N) is 2. The summed E-state index contributed by atoms with van der Waals surface area (Å²) in [4.78, 5) is 41.2. The molecule has 3 rings (SSSR count). The number of benzene rings is 1. The van der Waals surface area contributed by atoms with E-state index in [4.69, 9.17) is 9.47 Å². The summed E-state index contributed by atoms with van der Waals surface area (Å²) in [5.41, 5.74) is 1.46. The first-order valence-corrected chi connectivity index (χ1v) is 10.9. The number of esters is 2. The number of halogens is 1. The van der Waals surface area contributed by atoms with Gasteiger partial charge in [0.2, 0.25) is 0 Å². The molecule has 32 heavy (non-hydrogen) atoms. The molecule has 0 spiro atoms. The number of amides is 2. The van der Waals surface area contributed by atoms with Crippen LogP contribution in [0.25, 0.3) is 0 Å². The molecular weight excluding hydrogens is 417 g/mol. The molecule has 1 unspecified atom stereocenters. The van der Waals surface area contributed by atoms with Gasteiger partial charge in [-0.1, -0.05) is 12.1 Å². The number of urea groups is 1. The molecule has 1 aromatic rings. The van der Waals surface area contributed by atoms with Crippen LogP contribution in [0.5, 0.6) is 0 Å². The van der Waals surface area contributed by atoms with Crippen molar-refractivity contribution in [3.05, 3.63) is 46.9 Å². The van der Waals surface area contributed by atoms with Crippen molar-refractivity contribution in [1.82, 2.24) is 15.1 Å². The summed E-state index contributed by atoms with van der Waals surface area (Å²) in [6, 6.07) is 4.58. The molecule has 2 aliphatic heterocycles. The highest BCUT2D eigenvalue weighted by Gasteiger charge is 2.38. The zero-order valence-electron chi connectivity index (χ0n) is 18.7. The molecule has 174 valence electrons. The summed E-state index contributed by atoms with van der Waals surface area (Å²) in [5.74, 6) is -1.24. The van der Waals surface area contributed by atoms with Gasteiger partial charge in [-0.2, -0.15) is 0 Å². The van der Waals surface area contributed by atoms with Gasteiger partial charge in [0.05, 0.1) is 30.7 Å². The molecule has 1 N–H and O–H groups in total. The zero-order chi connectivity index (χ0) is 23.3. The molecule has 1 atom stereocenters. The van der Waals surface area contributed by atoms with E-state index in [1.807, 2.05) is 0 Å². The van der Waals surface area contributed by atoms with E-state index in [1.165, 1.54) is 17.0 Å². The average Bonchev–Trinajstić information content (AvgIpc) is 2.78. The van der Waals surface area contributed by atoms with Crippen molar-refractivity contribution in [2.75, 3.05) is 39.9 Å². The average molecular weight is 448 g/mol. The van der Waals surface area contributed by atoms with Crippen LogP contribution in [0.1, 0.15) is 38.3 Å². The summed E-state index contributed by atoms with van der Waals surface area (Å²) in [5, 5.41) is 2.82. The molecule has 8 nitrogen and oxygen atoms in total. The summed E-state index contributed by atoms with van der Waals surface area (Å²) in [7, 11) is 1.61. The van der Waals surface area contributed by atoms with E-state index >= 15 is 0 Å². The van der Waals surface area contributed by atoms with Crippen molar-refractivity contribution in [2.45, 2.75) is 32.7 Å². The first kappa shape index (κ1) is 23.7. The topological polar surface area (TPSA) is 88.2 Å². The van der Waals surface area contributed by atoms with Gasteiger partial charge in [0.15, 0.2) is 0 Å². The van der Waals surface area contributed by atoms with Gasteiger partial charge in [0.1, 0.15) is 5.82 Å². The van der Waals surface area contributed by atoms with Gasteiger partial charge in [-0.25, -0.2) is 14.0 Å². The predicted octanol–water partition coefficient (Wildman–Crippen LogP) is 2.61. The normalized spacial score (nSPS) is 20.2. The van der Waals surface area contributed by atoms with E-state index in [1.54, 1.807) is 33.0 Å². The van der Waals surface area contributed by atoms with E-state index in [2.05, 4.69) is 10.2 Å². The van der Waals surface area contributed by atoms with E-state index < -0.39 is 17.8 Å². The molecular formula is C23H30FN3O5.